The van der Waals surface area contributed by atoms with Crippen molar-refractivity contribution in [3.8, 4) is 5.75 Å². The maximum absolute atomic E-state index is 13.5. The van der Waals surface area contributed by atoms with Gasteiger partial charge in [-0.3, -0.25) is 13.9 Å². The molecular formula is C15H11F4NO8S2. The zero-order valence-corrected chi connectivity index (χ0v) is 15.9. The summed E-state index contributed by atoms with van der Waals surface area (Å²) in [5, 5.41) is 11.0. The summed E-state index contributed by atoms with van der Waals surface area (Å²) in [6.45, 7) is 0. The lowest BCUT2D eigenvalue weighted by molar-refractivity contribution is -0.303. The Kier molecular flexibility index (Phi) is 4.81. The molecule has 4 N–H and O–H groups in total. The second-order valence-electron chi connectivity index (χ2n) is 6.53. The van der Waals surface area contributed by atoms with Crippen molar-refractivity contribution < 1.29 is 53.4 Å². The van der Waals surface area contributed by atoms with Gasteiger partial charge in [0.2, 0.25) is 5.91 Å². The molecule has 1 amide bonds. The molecular weight excluding hydrogens is 462 g/mol. The van der Waals surface area contributed by atoms with Gasteiger partial charge in [-0.15, -0.1) is 0 Å². The lowest BCUT2D eigenvalue weighted by Gasteiger charge is -2.42. The van der Waals surface area contributed by atoms with Crippen molar-refractivity contribution in [2.45, 2.75) is 28.1 Å². The minimum Gasteiger partial charge on any atom is -0.507 e. The number of amides is 1. The number of nitrogens with one attached hydrogen (secondary N) is 1. The monoisotopic (exact) mass is 473 g/mol. The average molecular weight is 473 g/mol. The van der Waals surface area contributed by atoms with Crippen LogP contribution in [0.2, 0.25) is 0 Å². The molecule has 2 aromatic carbocycles. The van der Waals surface area contributed by atoms with Crippen molar-refractivity contribution in [3.63, 3.8) is 0 Å². The zero-order chi connectivity index (χ0) is 22.9. The van der Waals surface area contributed by atoms with Crippen molar-refractivity contribution >= 4 is 42.6 Å². The number of hydrogen-bond acceptors (Lipinski definition) is 6. The van der Waals surface area contributed by atoms with E-state index in [4.69, 9.17) is 4.55 Å². The van der Waals surface area contributed by atoms with Gasteiger partial charge in [-0.05, 0) is 23.6 Å². The molecule has 0 spiro atoms. The van der Waals surface area contributed by atoms with E-state index in [0.717, 1.165) is 0 Å². The Hall–Kier alpha value is -2.49. The number of halogens is 4. The molecule has 164 valence electrons. The first-order chi connectivity index (χ1) is 13.4. The highest BCUT2D eigenvalue weighted by Gasteiger charge is 2.74. The van der Waals surface area contributed by atoms with Gasteiger partial charge in [-0.25, -0.2) is 0 Å². The van der Waals surface area contributed by atoms with E-state index in [1.54, 1.807) is 5.32 Å². The fraction of sp³-hybridized carbons (Fsp3) is 0.267. The predicted octanol–water partition coefficient (Wildman–Crippen LogP) is 2.27. The predicted molar refractivity (Wildman–Crippen MR) is 91.9 cm³/mol. The summed E-state index contributed by atoms with van der Waals surface area (Å²) in [6, 6.07) is 2.41. The lowest BCUT2D eigenvalue weighted by Crippen LogP contribution is -2.62. The van der Waals surface area contributed by atoms with E-state index in [-0.39, 0.29) is 0 Å². The van der Waals surface area contributed by atoms with E-state index >= 15 is 0 Å². The Morgan fingerprint density at radius 3 is 1.90 bits per heavy atom. The van der Waals surface area contributed by atoms with Crippen molar-refractivity contribution in [2.75, 3.05) is 5.32 Å². The summed E-state index contributed by atoms with van der Waals surface area (Å²) in [4.78, 5) is 10.3. The largest absolute Gasteiger partial charge is 0.507 e. The van der Waals surface area contributed by atoms with E-state index in [1.807, 2.05) is 0 Å². The highest BCUT2D eigenvalue weighted by molar-refractivity contribution is 7.86. The summed E-state index contributed by atoms with van der Waals surface area (Å²) < 4.78 is 117. The Bertz CT molecular complexity index is 1290. The Morgan fingerprint density at radius 1 is 0.967 bits per heavy atom. The zero-order valence-electron chi connectivity index (χ0n) is 14.3. The number of alkyl halides is 4. The Balaban J connectivity index is 2.17. The average Bonchev–Trinajstić information content (AvgIpc) is 2.57. The van der Waals surface area contributed by atoms with Gasteiger partial charge in [-0.2, -0.15) is 34.4 Å². The van der Waals surface area contributed by atoms with Gasteiger partial charge in [0.05, 0.1) is 15.5 Å². The molecule has 15 heteroatoms. The third kappa shape index (κ3) is 3.57. The van der Waals surface area contributed by atoms with Crippen LogP contribution in [0.25, 0.3) is 10.8 Å². The van der Waals surface area contributed by atoms with Crippen LogP contribution in [0.1, 0.15) is 6.42 Å². The summed E-state index contributed by atoms with van der Waals surface area (Å²) in [5.74, 6) is -14.1. The topological polar surface area (TPSA) is 158 Å². The first kappa shape index (κ1) is 22.2. The second-order valence-corrected chi connectivity index (χ2v) is 9.38. The number of fused-ring (bicyclic) bond motifs is 1. The van der Waals surface area contributed by atoms with Crippen molar-refractivity contribution in [2.24, 2.45) is 5.92 Å². The van der Waals surface area contributed by atoms with Gasteiger partial charge in [-0.1, -0.05) is 0 Å². The summed E-state index contributed by atoms with van der Waals surface area (Å²) in [6.07, 6.45) is -1.49. The van der Waals surface area contributed by atoms with Crippen LogP contribution >= 0.6 is 0 Å². The molecule has 1 saturated carbocycles. The molecule has 1 aliphatic rings. The third-order valence-corrected chi connectivity index (χ3v) is 6.19. The van der Waals surface area contributed by atoms with Crippen LogP contribution in [-0.2, 0) is 25.0 Å². The molecule has 9 nitrogen and oxygen atoms in total. The molecule has 1 unspecified atom stereocenters. The highest BCUT2D eigenvalue weighted by Crippen LogP contribution is 2.55. The van der Waals surface area contributed by atoms with Crippen LogP contribution in [-0.4, -0.2) is 48.8 Å². The molecule has 30 heavy (non-hydrogen) atoms. The van der Waals surface area contributed by atoms with Crippen LogP contribution in [0.15, 0.2) is 34.1 Å². The quantitative estimate of drug-likeness (QED) is 0.389. The molecule has 0 saturated heterocycles. The molecule has 1 aliphatic carbocycles. The molecule has 0 bridgehead atoms. The van der Waals surface area contributed by atoms with Gasteiger partial charge in [0.15, 0.2) is 0 Å². The number of phenols is 1. The number of benzene rings is 2. The number of carbonyl (C=O) groups is 1. The third-order valence-electron chi connectivity index (χ3n) is 4.53. The van der Waals surface area contributed by atoms with E-state index in [0.29, 0.717) is 24.3 Å². The molecule has 1 atom stereocenters. The second kappa shape index (κ2) is 6.50. The highest BCUT2D eigenvalue weighted by atomic mass is 32.2. The number of aromatic hydroxyl groups is 1. The Labute approximate surface area is 165 Å². The standard InChI is InChI=1S/C15H11F4NO8S2/c16-14(17)5-9(15(14,18)19)13(22)20-10-3-7(29(23,24)25)1-6-2-8(30(26,27)28)4-11(21)12(6)10/h1-4,9,21H,5H2,(H,20,22)(H,23,24,25)(H,26,27,28). The summed E-state index contributed by atoms with van der Waals surface area (Å²) in [7, 11) is -9.86. The Morgan fingerprint density at radius 2 is 1.47 bits per heavy atom. The van der Waals surface area contributed by atoms with Gasteiger partial charge >= 0.3 is 11.8 Å². The number of carbonyl (C=O) groups excluding carboxylic acids is 1. The normalized spacial score (nSPS) is 20.5. The van der Waals surface area contributed by atoms with Crippen LogP contribution in [0.5, 0.6) is 5.75 Å². The lowest BCUT2D eigenvalue weighted by atomic mass is 9.76. The maximum atomic E-state index is 13.5. The van der Waals surface area contributed by atoms with Gasteiger partial charge in [0.1, 0.15) is 11.7 Å². The van der Waals surface area contributed by atoms with Crippen molar-refractivity contribution in [3.05, 3.63) is 24.3 Å². The van der Waals surface area contributed by atoms with Crippen LogP contribution in [0, 0.1) is 5.92 Å². The maximum Gasteiger partial charge on any atom is 0.321 e. The number of phenolic OH excluding ortho intramolecular Hbond substituents is 1. The van der Waals surface area contributed by atoms with E-state index in [2.05, 4.69) is 0 Å². The minimum absolute atomic E-state index is 0.446. The van der Waals surface area contributed by atoms with Crippen molar-refractivity contribution in [1.82, 2.24) is 0 Å². The molecule has 2 aromatic rings. The number of hydrogen-bond donors (Lipinski definition) is 4. The molecule has 3 rings (SSSR count). The van der Waals surface area contributed by atoms with E-state index < -0.39 is 82.3 Å². The van der Waals surface area contributed by atoms with E-state index in [1.165, 1.54) is 0 Å². The first-order valence-corrected chi connectivity index (χ1v) is 10.7. The fourth-order valence-corrected chi connectivity index (χ4v) is 4.04. The number of anilines is 1. The molecule has 0 aliphatic heterocycles. The van der Waals surface area contributed by atoms with Crippen LogP contribution in [0.3, 0.4) is 0 Å². The molecule has 1 fully saturated rings. The van der Waals surface area contributed by atoms with Gasteiger partial charge in [0, 0.05) is 17.9 Å². The SMILES string of the molecule is O=C(Nc1cc(S(=O)(=O)O)cc2cc(S(=O)(=O)O)cc(O)c12)C1CC(F)(F)C1(F)F. The smallest absolute Gasteiger partial charge is 0.321 e. The van der Waals surface area contributed by atoms with E-state index in [9.17, 15) is 48.9 Å². The summed E-state index contributed by atoms with van der Waals surface area (Å²) in [5.41, 5.74) is -0.685. The van der Waals surface area contributed by atoms with Crippen LogP contribution in [0.4, 0.5) is 23.2 Å². The molecule has 0 aromatic heterocycles. The number of rotatable bonds is 4. The minimum atomic E-state index is -4.98. The van der Waals surface area contributed by atoms with Crippen LogP contribution < -0.4 is 5.32 Å². The van der Waals surface area contributed by atoms with Crippen molar-refractivity contribution in [1.29, 1.82) is 0 Å². The molecule has 0 radical (unpaired) electrons. The summed E-state index contributed by atoms with van der Waals surface area (Å²) >= 11 is 0. The first-order valence-electron chi connectivity index (χ1n) is 7.77. The molecule has 0 heterocycles. The van der Waals surface area contributed by atoms with Gasteiger partial charge in [0.25, 0.3) is 20.2 Å². The fourth-order valence-electron chi connectivity index (χ4n) is 2.96. The van der Waals surface area contributed by atoms with Gasteiger partial charge < -0.3 is 10.4 Å².